The average Bonchev–Trinajstić information content (AvgIpc) is 3.32. The molecule has 3 fully saturated rings. The average molecular weight is 277 g/mol. The van der Waals surface area contributed by atoms with Crippen molar-refractivity contribution in [2.45, 2.75) is 50.1 Å². The molecule has 1 N–H and O–H groups in total. The molecule has 1 heterocycles. The van der Waals surface area contributed by atoms with Gasteiger partial charge in [-0.25, -0.2) is 0 Å². The van der Waals surface area contributed by atoms with Gasteiger partial charge in [0.2, 0.25) is 0 Å². The first-order valence-corrected chi connectivity index (χ1v) is 8.17. The molecule has 0 amide bonds. The number of rotatable bonds is 7. The molecular weight excluding hydrogens is 250 g/mol. The quantitative estimate of drug-likeness (QED) is 0.770. The van der Waals surface area contributed by atoms with Crippen LogP contribution in [-0.2, 0) is 4.74 Å². The molecule has 0 aromatic heterocycles. The standard InChI is InChI=1S/C16H27N3O/c1-19(9-13-3-2-8-20-10-13)12-16(11-17,14-4-5-14)18-15-6-7-15/h13-15,18H,2-10,12H2,1H3. The van der Waals surface area contributed by atoms with E-state index in [1.54, 1.807) is 0 Å². The van der Waals surface area contributed by atoms with Crippen molar-refractivity contribution in [1.82, 2.24) is 10.2 Å². The summed E-state index contributed by atoms with van der Waals surface area (Å²) in [6.07, 6.45) is 7.38. The fourth-order valence-corrected chi connectivity index (χ4v) is 3.50. The highest BCUT2D eigenvalue weighted by Gasteiger charge is 2.48. The zero-order chi connectivity index (χ0) is 14.0. The molecule has 0 aromatic rings. The Morgan fingerprint density at radius 2 is 2.10 bits per heavy atom. The van der Waals surface area contributed by atoms with Gasteiger partial charge in [0.15, 0.2) is 0 Å². The normalized spacial score (nSPS) is 29.9. The van der Waals surface area contributed by atoms with E-state index < -0.39 is 0 Å². The van der Waals surface area contributed by atoms with Crippen LogP contribution in [0, 0.1) is 23.2 Å². The van der Waals surface area contributed by atoms with Gasteiger partial charge in [-0.05, 0) is 57.4 Å². The van der Waals surface area contributed by atoms with Crippen molar-refractivity contribution in [1.29, 1.82) is 5.26 Å². The monoisotopic (exact) mass is 277 g/mol. The van der Waals surface area contributed by atoms with Gasteiger partial charge in [-0.1, -0.05) is 0 Å². The van der Waals surface area contributed by atoms with Crippen LogP contribution in [0.2, 0.25) is 0 Å². The number of hydrogen-bond donors (Lipinski definition) is 1. The Balaban J connectivity index is 1.55. The molecule has 2 atom stereocenters. The summed E-state index contributed by atoms with van der Waals surface area (Å²) in [5, 5.41) is 13.4. The molecule has 2 unspecified atom stereocenters. The van der Waals surface area contributed by atoms with Crippen LogP contribution < -0.4 is 5.32 Å². The second-order valence-corrected chi connectivity index (χ2v) is 7.06. The van der Waals surface area contributed by atoms with Crippen molar-refractivity contribution in [3.05, 3.63) is 0 Å². The van der Waals surface area contributed by atoms with Gasteiger partial charge in [0.1, 0.15) is 5.54 Å². The number of ether oxygens (including phenoxy) is 1. The van der Waals surface area contributed by atoms with Crippen LogP contribution in [-0.4, -0.2) is 49.8 Å². The lowest BCUT2D eigenvalue weighted by Gasteiger charge is -2.35. The Morgan fingerprint density at radius 3 is 2.65 bits per heavy atom. The van der Waals surface area contributed by atoms with Crippen LogP contribution in [0.3, 0.4) is 0 Å². The van der Waals surface area contributed by atoms with Crippen molar-refractivity contribution >= 4 is 0 Å². The lowest BCUT2D eigenvalue weighted by atomic mass is 9.93. The molecule has 3 aliphatic rings. The molecule has 1 aliphatic heterocycles. The molecule has 4 nitrogen and oxygen atoms in total. The summed E-state index contributed by atoms with van der Waals surface area (Å²) in [6.45, 7) is 3.74. The molecule has 1 saturated heterocycles. The minimum absolute atomic E-state index is 0.300. The smallest absolute Gasteiger partial charge is 0.122 e. The van der Waals surface area contributed by atoms with Crippen molar-refractivity contribution in [3.8, 4) is 6.07 Å². The fraction of sp³-hybridized carbons (Fsp3) is 0.938. The molecule has 112 valence electrons. The first kappa shape index (κ1) is 14.3. The van der Waals surface area contributed by atoms with E-state index in [1.807, 2.05) is 0 Å². The summed E-state index contributed by atoms with van der Waals surface area (Å²) in [4.78, 5) is 2.36. The Hall–Kier alpha value is -0.630. The molecule has 2 saturated carbocycles. The van der Waals surface area contributed by atoms with E-state index in [0.29, 0.717) is 17.9 Å². The van der Waals surface area contributed by atoms with Crippen LogP contribution in [0.5, 0.6) is 0 Å². The Morgan fingerprint density at radius 1 is 1.30 bits per heavy atom. The first-order valence-electron chi connectivity index (χ1n) is 8.17. The van der Waals surface area contributed by atoms with Crippen LogP contribution in [0.4, 0.5) is 0 Å². The number of likely N-dealkylation sites (N-methyl/N-ethyl adjacent to an activating group) is 1. The highest BCUT2D eigenvalue weighted by molar-refractivity contribution is 5.18. The van der Waals surface area contributed by atoms with Gasteiger partial charge in [-0.15, -0.1) is 0 Å². The van der Waals surface area contributed by atoms with E-state index in [-0.39, 0.29) is 5.54 Å². The summed E-state index contributed by atoms with van der Waals surface area (Å²) in [6, 6.07) is 3.23. The SMILES string of the molecule is CN(CC1CCCOC1)CC(C#N)(NC1CC1)C1CC1. The molecule has 20 heavy (non-hydrogen) atoms. The maximum absolute atomic E-state index is 9.75. The lowest BCUT2D eigenvalue weighted by molar-refractivity contribution is 0.0389. The van der Waals surface area contributed by atoms with Crippen molar-refractivity contribution in [2.24, 2.45) is 11.8 Å². The number of nitriles is 1. The maximum atomic E-state index is 9.75. The molecule has 3 rings (SSSR count). The topological polar surface area (TPSA) is 48.3 Å². The molecule has 0 aromatic carbocycles. The van der Waals surface area contributed by atoms with Gasteiger partial charge >= 0.3 is 0 Å². The van der Waals surface area contributed by atoms with Crippen molar-refractivity contribution in [3.63, 3.8) is 0 Å². The van der Waals surface area contributed by atoms with Crippen molar-refractivity contribution < 1.29 is 4.74 Å². The second kappa shape index (κ2) is 6.01. The van der Waals surface area contributed by atoms with E-state index >= 15 is 0 Å². The summed E-state index contributed by atoms with van der Waals surface area (Å²) >= 11 is 0. The van der Waals surface area contributed by atoms with Gasteiger partial charge in [0, 0.05) is 25.7 Å². The predicted octanol–water partition coefficient (Wildman–Crippen LogP) is 1.77. The highest BCUT2D eigenvalue weighted by Crippen LogP contribution is 2.41. The third-order valence-corrected chi connectivity index (χ3v) is 4.86. The van der Waals surface area contributed by atoms with Crippen LogP contribution in [0.25, 0.3) is 0 Å². The molecule has 0 bridgehead atoms. The van der Waals surface area contributed by atoms with E-state index in [2.05, 4.69) is 23.3 Å². The van der Waals surface area contributed by atoms with E-state index in [9.17, 15) is 5.26 Å². The molecule has 0 spiro atoms. The summed E-state index contributed by atoms with van der Waals surface area (Å²) in [7, 11) is 2.16. The fourth-order valence-electron chi connectivity index (χ4n) is 3.50. The zero-order valence-electron chi connectivity index (χ0n) is 12.6. The van der Waals surface area contributed by atoms with E-state index in [4.69, 9.17) is 4.74 Å². The molecule has 4 heteroatoms. The molecule has 0 radical (unpaired) electrons. The Labute approximate surface area is 122 Å². The Bertz CT molecular complexity index is 366. The van der Waals surface area contributed by atoms with Crippen molar-refractivity contribution in [2.75, 3.05) is 33.4 Å². The third-order valence-electron chi connectivity index (χ3n) is 4.86. The lowest BCUT2D eigenvalue weighted by Crippen LogP contribution is -2.55. The summed E-state index contributed by atoms with van der Waals surface area (Å²) < 4.78 is 5.57. The molecule has 2 aliphatic carbocycles. The van der Waals surface area contributed by atoms with Crippen LogP contribution in [0.1, 0.15) is 38.5 Å². The van der Waals surface area contributed by atoms with E-state index in [1.165, 1.54) is 38.5 Å². The van der Waals surface area contributed by atoms with Gasteiger partial charge in [-0.3, -0.25) is 5.32 Å². The Kier molecular flexibility index (Phi) is 4.30. The van der Waals surface area contributed by atoms with Gasteiger partial charge in [0.25, 0.3) is 0 Å². The van der Waals surface area contributed by atoms with Crippen LogP contribution in [0.15, 0.2) is 0 Å². The number of nitrogens with one attached hydrogen (secondary N) is 1. The number of hydrogen-bond acceptors (Lipinski definition) is 4. The minimum Gasteiger partial charge on any atom is -0.381 e. The maximum Gasteiger partial charge on any atom is 0.122 e. The summed E-state index contributed by atoms with van der Waals surface area (Å²) in [5.74, 6) is 1.21. The first-order chi connectivity index (χ1) is 9.72. The van der Waals surface area contributed by atoms with Crippen LogP contribution >= 0.6 is 0 Å². The van der Waals surface area contributed by atoms with Gasteiger partial charge < -0.3 is 9.64 Å². The second-order valence-electron chi connectivity index (χ2n) is 7.06. The van der Waals surface area contributed by atoms with Gasteiger partial charge in [0.05, 0.1) is 12.7 Å². The van der Waals surface area contributed by atoms with Gasteiger partial charge in [-0.2, -0.15) is 5.26 Å². The summed E-state index contributed by atoms with van der Waals surface area (Å²) in [5.41, 5.74) is -0.300. The minimum atomic E-state index is -0.300. The predicted molar refractivity (Wildman–Crippen MR) is 78.3 cm³/mol. The highest BCUT2D eigenvalue weighted by atomic mass is 16.5. The number of nitrogens with zero attached hydrogens (tertiary/aromatic N) is 2. The molecular formula is C16H27N3O. The zero-order valence-corrected chi connectivity index (χ0v) is 12.6. The largest absolute Gasteiger partial charge is 0.381 e. The third kappa shape index (κ3) is 3.52. The van der Waals surface area contributed by atoms with E-state index in [0.717, 1.165) is 26.3 Å².